The van der Waals surface area contributed by atoms with Gasteiger partial charge in [-0.3, -0.25) is 4.79 Å². The Bertz CT molecular complexity index is 536. The molecule has 5 nitrogen and oxygen atoms in total. The standard InChI is InChI=1S/C18H25NO4/c1-18(2,3)23-17(21)19-11-7-10-15(12-19)16(20)22-13-14-8-5-4-6-9-14/h4-6,8-9,15H,7,10-13H2,1-3H3/t15-/m0/s1. The van der Waals surface area contributed by atoms with Crippen LogP contribution in [0.25, 0.3) is 0 Å². The van der Waals surface area contributed by atoms with Gasteiger partial charge in [-0.2, -0.15) is 0 Å². The average molecular weight is 319 g/mol. The Balaban J connectivity index is 1.85. The first-order chi connectivity index (χ1) is 10.8. The maximum absolute atomic E-state index is 12.2. The van der Waals surface area contributed by atoms with E-state index in [4.69, 9.17) is 9.47 Å². The summed E-state index contributed by atoms with van der Waals surface area (Å²) in [6.45, 7) is 6.75. The molecule has 0 aromatic heterocycles. The Morgan fingerprint density at radius 2 is 1.91 bits per heavy atom. The lowest BCUT2D eigenvalue weighted by atomic mass is 9.98. The number of likely N-dealkylation sites (tertiary alicyclic amines) is 1. The van der Waals surface area contributed by atoms with Crippen molar-refractivity contribution in [3.8, 4) is 0 Å². The zero-order chi connectivity index (χ0) is 16.9. The van der Waals surface area contributed by atoms with Crippen LogP contribution in [-0.2, 0) is 20.9 Å². The molecule has 0 saturated carbocycles. The molecule has 0 spiro atoms. The zero-order valence-electron chi connectivity index (χ0n) is 14.1. The summed E-state index contributed by atoms with van der Waals surface area (Å²) >= 11 is 0. The molecule has 1 aromatic carbocycles. The number of carbonyl (C=O) groups excluding carboxylic acids is 2. The van der Waals surface area contributed by atoms with E-state index in [1.54, 1.807) is 4.90 Å². The SMILES string of the molecule is CC(C)(C)OC(=O)N1CCC[C@H](C(=O)OCc2ccccc2)C1. The smallest absolute Gasteiger partial charge is 0.410 e. The van der Waals surface area contributed by atoms with Gasteiger partial charge in [-0.25, -0.2) is 4.79 Å². The normalized spacial score (nSPS) is 18.4. The summed E-state index contributed by atoms with van der Waals surface area (Å²) in [6.07, 6.45) is 1.16. The van der Waals surface area contributed by atoms with E-state index < -0.39 is 5.60 Å². The van der Waals surface area contributed by atoms with E-state index in [1.807, 2.05) is 51.1 Å². The van der Waals surface area contributed by atoms with Crippen molar-refractivity contribution in [2.75, 3.05) is 13.1 Å². The third kappa shape index (κ3) is 5.58. The van der Waals surface area contributed by atoms with E-state index in [9.17, 15) is 9.59 Å². The number of amides is 1. The van der Waals surface area contributed by atoms with E-state index in [-0.39, 0.29) is 24.6 Å². The van der Waals surface area contributed by atoms with Crippen molar-refractivity contribution in [3.63, 3.8) is 0 Å². The van der Waals surface area contributed by atoms with Gasteiger partial charge in [0.25, 0.3) is 0 Å². The van der Waals surface area contributed by atoms with Gasteiger partial charge < -0.3 is 14.4 Å². The maximum Gasteiger partial charge on any atom is 0.410 e. The summed E-state index contributed by atoms with van der Waals surface area (Å²) in [4.78, 5) is 25.9. The largest absolute Gasteiger partial charge is 0.461 e. The maximum atomic E-state index is 12.2. The molecular formula is C18H25NO4. The van der Waals surface area contributed by atoms with Crippen LogP contribution in [0.15, 0.2) is 30.3 Å². The fourth-order valence-corrected chi connectivity index (χ4v) is 2.51. The number of benzene rings is 1. The lowest BCUT2D eigenvalue weighted by molar-refractivity contribution is -0.151. The summed E-state index contributed by atoms with van der Waals surface area (Å²) < 4.78 is 10.7. The molecule has 1 aliphatic rings. The summed E-state index contributed by atoms with van der Waals surface area (Å²) in [5.74, 6) is -0.526. The van der Waals surface area contributed by atoms with E-state index >= 15 is 0 Å². The Kier molecular flexibility index (Phi) is 5.64. The van der Waals surface area contributed by atoms with Gasteiger partial charge in [0.15, 0.2) is 0 Å². The van der Waals surface area contributed by atoms with Crippen LogP contribution in [-0.4, -0.2) is 35.7 Å². The van der Waals surface area contributed by atoms with Gasteiger partial charge in [-0.05, 0) is 39.2 Å². The summed E-state index contributed by atoms with van der Waals surface area (Å²) in [5.41, 5.74) is 0.429. The molecule has 0 bridgehead atoms. The van der Waals surface area contributed by atoms with Gasteiger partial charge in [0.05, 0.1) is 5.92 Å². The van der Waals surface area contributed by atoms with Crippen LogP contribution in [0.3, 0.4) is 0 Å². The number of hydrogen-bond donors (Lipinski definition) is 0. The van der Waals surface area contributed by atoms with E-state index in [1.165, 1.54) is 0 Å². The summed E-state index contributed by atoms with van der Waals surface area (Å²) in [6, 6.07) is 9.58. The fourth-order valence-electron chi connectivity index (χ4n) is 2.51. The molecule has 0 unspecified atom stereocenters. The van der Waals surface area contributed by atoms with Crippen LogP contribution in [0.2, 0.25) is 0 Å². The van der Waals surface area contributed by atoms with Crippen molar-refractivity contribution in [3.05, 3.63) is 35.9 Å². The second-order valence-corrected chi connectivity index (χ2v) is 6.86. The molecule has 2 rings (SSSR count). The topological polar surface area (TPSA) is 55.8 Å². The Labute approximate surface area is 137 Å². The quantitative estimate of drug-likeness (QED) is 0.802. The van der Waals surface area contributed by atoms with Crippen molar-refractivity contribution in [2.45, 2.75) is 45.8 Å². The van der Waals surface area contributed by atoms with Gasteiger partial charge in [-0.1, -0.05) is 30.3 Å². The van der Waals surface area contributed by atoms with Crippen LogP contribution in [0.4, 0.5) is 4.79 Å². The number of carbonyl (C=O) groups is 2. The highest BCUT2D eigenvalue weighted by atomic mass is 16.6. The second-order valence-electron chi connectivity index (χ2n) is 6.86. The molecule has 1 amide bonds. The molecule has 5 heteroatoms. The van der Waals surface area contributed by atoms with E-state index in [0.29, 0.717) is 13.1 Å². The number of esters is 1. The van der Waals surface area contributed by atoms with Gasteiger partial charge in [-0.15, -0.1) is 0 Å². The minimum atomic E-state index is -0.530. The van der Waals surface area contributed by atoms with Gasteiger partial charge in [0.1, 0.15) is 12.2 Å². The molecule has 23 heavy (non-hydrogen) atoms. The molecule has 0 radical (unpaired) electrons. The van der Waals surface area contributed by atoms with Crippen molar-refractivity contribution < 1.29 is 19.1 Å². The monoisotopic (exact) mass is 319 g/mol. The molecular weight excluding hydrogens is 294 g/mol. The summed E-state index contributed by atoms with van der Waals surface area (Å²) in [5, 5.41) is 0. The average Bonchev–Trinajstić information content (AvgIpc) is 2.52. The number of nitrogens with zero attached hydrogens (tertiary/aromatic N) is 1. The van der Waals surface area contributed by atoms with E-state index in [0.717, 1.165) is 18.4 Å². The predicted octanol–water partition coefficient (Wildman–Crippen LogP) is 3.38. The third-order valence-corrected chi connectivity index (χ3v) is 3.63. The Hall–Kier alpha value is -2.04. The van der Waals surface area contributed by atoms with Crippen LogP contribution in [0.1, 0.15) is 39.2 Å². The molecule has 1 fully saturated rings. The van der Waals surface area contributed by atoms with Crippen molar-refractivity contribution in [1.29, 1.82) is 0 Å². The fraction of sp³-hybridized carbons (Fsp3) is 0.556. The molecule has 0 N–H and O–H groups in total. The van der Waals surface area contributed by atoms with Gasteiger partial charge >= 0.3 is 12.1 Å². The Morgan fingerprint density at radius 1 is 1.22 bits per heavy atom. The zero-order valence-corrected chi connectivity index (χ0v) is 14.1. The first kappa shape index (κ1) is 17.3. The first-order valence-electron chi connectivity index (χ1n) is 8.03. The third-order valence-electron chi connectivity index (χ3n) is 3.63. The molecule has 0 aliphatic carbocycles. The highest BCUT2D eigenvalue weighted by molar-refractivity contribution is 5.75. The predicted molar refractivity (Wildman–Crippen MR) is 86.8 cm³/mol. The molecule has 1 saturated heterocycles. The minimum Gasteiger partial charge on any atom is -0.461 e. The number of ether oxygens (including phenoxy) is 2. The second kappa shape index (κ2) is 7.49. The number of hydrogen-bond acceptors (Lipinski definition) is 4. The van der Waals surface area contributed by atoms with Crippen LogP contribution in [0.5, 0.6) is 0 Å². The van der Waals surface area contributed by atoms with Gasteiger partial charge in [0, 0.05) is 13.1 Å². The molecule has 1 aliphatic heterocycles. The highest BCUT2D eigenvalue weighted by Gasteiger charge is 2.31. The van der Waals surface area contributed by atoms with Gasteiger partial charge in [0.2, 0.25) is 0 Å². The molecule has 126 valence electrons. The van der Waals surface area contributed by atoms with Crippen molar-refractivity contribution in [2.24, 2.45) is 5.92 Å². The molecule has 1 aromatic rings. The van der Waals surface area contributed by atoms with Crippen LogP contribution >= 0.6 is 0 Å². The van der Waals surface area contributed by atoms with Crippen LogP contribution in [0, 0.1) is 5.92 Å². The molecule has 1 heterocycles. The molecule has 1 atom stereocenters. The first-order valence-corrected chi connectivity index (χ1v) is 8.03. The van der Waals surface area contributed by atoms with Crippen molar-refractivity contribution >= 4 is 12.1 Å². The lowest BCUT2D eigenvalue weighted by Crippen LogP contribution is -2.45. The summed E-state index contributed by atoms with van der Waals surface area (Å²) in [7, 11) is 0. The Morgan fingerprint density at radius 3 is 2.57 bits per heavy atom. The number of piperidine rings is 1. The highest BCUT2D eigenvalue weighted by Crippen LogP contribution is 2.21. The lowest BCUT2D eigenvalue weighted by Gasteiger charge is -2.33. The van der Waals surface area contributed by atoms with E-state index in [2.05, 4.69) is 0 Å². The number of rotatable bonds is 3. The minimum absolute atomic E-state index is 0.248. The van der Waals surface area contributed by atoms with Crippen LogP contribution < -0.4 is 0 Å². The van der Waals surface area contributed by atoms with Crippen molar-refractivity contribution in [1.82, 2.24) is 4.90 Å².